The van der Waals surface area contributed by atoms with Crippen LogP contribution in [0.5, 0.6) is 0 Å². The highest BCUT2D eigenvalue weighted by Crippen LogP contribution is 2.23. The van der Waals surface area contributed by atoms with Crippen molar-refractivity contribution in [3.05, 3.63) is 23.8 Å². The zero-order valence-electron chi connectivity index (χ0n) is 10.3. The second-order valence-corrected chi connectivity index (χ2v) is 3.66. The summed E-state index contributed by atoms with van der Waals surface area (Å²) in [4.78, 5) is 13.7. The Kier molecular flexibility index (Phi) is 4.41. The molecule has 0 atom stereocenters. The molecule has 90 valence electrons. The predicted octanol–water partition coefficient (Wildman–Crippen LogP) is 1.58. The molecule has 0 saturated heterocycles. The summed E-state index contributed by atoms with van der Waals surface area (Å²) in [6, 6.07) is 5.50. The van der Waals surface area contributed by atoms with Gasteiger partial charge in [-0.25, -0.2) is 4.79 Å². The van der Waals surface area contributed by atoms with Crippen molar-refractivity contribution in [1.29, 1.82) is 0 Å². The number of rotatable bonds is 4. The van der Waals surface area contributed by atoms with Gasteiger partial charge in [-0.2, -0.15) is 0 Å². The number of nitrogens with one attached hydrogen (secondary N) is 1. The molecule has 1 aromatic carbocycles. The van der Waals surface area contributed by atoms with Gasteiger partial charge >= 0.3 is 5.97 Å². The lowest BCUT2D eigenvalue weighted by molar-refractivity contribution is 0.0557. The van der Waals surface area contributed by atoms with Crippen LogP contribution in [0.15, 0.2) is 18.2 Å². The highest BCUT2D eigenvalue weighted by Gasteiger charge is 2.14. The van der Waals surface area contributed by atoms with E-state index in [0.29, 0.717) is 5.56 Å². The third-order valence-electron chi connectivity index (χ3n) is 2.27. The zero-order valence-corrected chi connectivity index (χ0v) is 10.3. The molecule has 0 aromatic heterocycles. The van der Waals surface area contributed by atoms with Crippen LogP contribution in [0.1, 0.15) is 10.4 Å². The minimum atomic E-state index is -0.413. The highest BCUT2D eigenvalue weighted by atomic mass is 16.5. The van der Waals surface area contributed by atoms with E-state index in [0.717, 1.165) is 11.4 Å². The fourth-order valence-corrected chi connectivity index (χ4v) is 1.43. The van der Waals surface area contributed by atoms with Gasteiger partial charge in [0.2, 0.25) is 0 Å². The summed E-state index contributed by atoms with van der Waals surface area (Å²) >= 11 is 0. The number of anilines is 2. The molecule has 4 nitrogen and oxygen atoms in total. The van der Waals surface area contributed by atoms with Crippen molar-refractivity contribution >= 4 is 17.3 Å². The van der Waals surface area contributed by atoms with Crippen LogP contribution >= 0.6 is 0 Å². The quantitative estimate of drug-likeness (QED) is 0.632. The van der Waals surface area contributed by atoms with E-state index in [1.54, 1.807) is 13.1 Å². The lowest BCUT2D eigenvalue weighted by Crippen LogP contribution is -2.16. The summed E-state index contributed by atoms with van der Waals surface area (Å²) in [5, 5.41) is 2.98. The van der Waals surface area contributed by atoms with Gasteiger partial charge in [0, 0.05) is 26.8 Å². The first kappa shape index (κ1) is 12.9. The van der Waals surface area contributed by atoms with E-state index < -0.39 is 5.97 Å². The Morgan fingerprint density at radius 2 is 2.24 bits per heavy atom. The van der Waals surface area contributed by atoms with Gasteiger partial charge in [-0.1, -0.05) is 5.92 Å². The summed E-state index contributed by atoms with van der Waals surface area (Å²) in [5.74, 6) is 1.86. The molecule has 1 rings (SSSR count). The Morgan fingerprint density at radius 3 is 2.76 bits per heavy atom. The molecule has 1 N–H and O–H groups in total. The molecule has 0 radical (unpaired) electrons. The number of nitrogens with zero attached hydrogens (tertiary/aromatic N) is 1. The Bertz CT molecular complexity index is 447. The van der Waals surface area contributed by atoms with Crippen LogP contribution in [0.4, 0.5) is 11.4 Å². The van der Waals surface area contributed by atoms with Crippen LogP contribution in [-0.2, 0) is 4.74 Å². The number of carbonyl (C=O) groups excluding carboxylic acids is 1. The Balaban J connectivity index is 3.09. The van der Waals surface area contributed by atoms with Crippen LogP contribution in [0.2, 0.25) is 0 Å². The lowest BCUT2D eigenvalue weighted by Gasteiger charge is -2.17. The largest absolute Gasteiger partial charge is 0.449 e. The Hall–Kier alpha value is -2.15. The van der Waals surface area contributed by atoms with E-state index in [4.69, 9.17) is 11.2 Å². The van der Waals surface area contributed by atoms with Crippen molar-refractivity contribution in [3.63, 3.8) is 0 Å². The number of carbonyl (C=O) groups is 1. The van der Waals surface area contributed by atoms with Crippen LogP contribution in [0.25, 0.3) is 0 Å². The first-order valence-corrected chi connectivity index (χ1v) is 5.20. The summed E-state index contributed by atoms with van der Waals surface area (Å²) in [5.41, 5.74) is 2.14. The topological polar surface area (TPSA) is 41.6 Å². The molecule has 1 aromatic rings. The molecule has 0 aliphatic heterocycles. The van der Waals surface area contributed by atoms with Gasteiger partial charge in [0.25, 0.3) is 0 Å². The number of hydrogen-bond donors (Lipinski definition) is 1. The summed E-state index contributed by atoms with van der Waals surface area (Å²) < 4.78 is 4.94. The second kappa shape index (κ2) is 5.80. The van der Waals surface area contributed by atoms with E-state index in [9.17, 15) is 4.79 Å². The van der Waals surface area contributed by atoms with Crippen molar-refractivity contribution in [1.82, 2.24) is 0 Å². The van der Waals surface area contributed by atoms with Gasteiger partial charge in [-0.05, 0) is 18.2 Å². The number of ether oxygens (including phenoxy) is 1. The number of esters is 1. The van der Waals surface area contributed by atoms with Crippen molar-refractivity contribution in [3.8, 4) is 12.3 Å². The molecular formula is C13H16N2O2. The molecule has 0 aliphatic carbocycles. The summed E-state index contributed by atoms with van der Waals surface area (Å²) in [7, 11) is 5.53. The molecule has 0 fully saturated rings. The molecular weight excluding hydrogens is 216 g/mol. The maximum atomic E-state index is 11.8. The number of hydrogen-bond acceptors (Lipinski definition) is 4. The fourth-order valence-electron chi connectivity index (χ4n) is 1.43. The van der Waals surface area contributed by atoms with Crippen molar-refractivity contribution in [2.45, 2.75) is 0 Å². The monoisotopic (exact) mass is 232 g/mol. The molecule has 0 aliphatic rings. The number of terminal acetylenes is 1. The Labute approximate surface area is 102 Å². The normalized spacial score (nSPS) is 9.29. The van der Waals surface area contributed by atoms with Crippen LogP contribution in [0.3, 0.4) is 0 Å². The van der Waals surface area contributed by atoms with Crippen LogP contribution < -0.4 is 10.2 Å². The molecule has 4 heteroatoms. The Morgan fingerprint density at radius 1 is 1.53 bits per heavy atom. The van der Waals surface area contributed by atoms with Crippen molar-refractivity contribution < 1.29 is 9.53 Å². The molecule has 0 unspecified atom stereocenters. The van der Waals surface area contributed by atoms with Gasteiger partial charge < -0.3 is 15.0 Å². The van der Waals surface area contributed by atoms with Crippen molar-refractivity contribution in [2.24, 2.45) is 0 Å². The molecule has 0 amide bonds. The molecule has 0 saturated carbocycles. The van der Waals surface area contributed by atoms with Gasteiger partial charge in [-0.3, -0.25) is 0 Å². The average Bonchev–Trinajstić information content (AvgIpc) is 2.34. The van der Waals surface area contributed by atoms with E-state index in [1.165, 1.54) is 0 Å². The van der Waals surface area contributed by atoms with Crippen molar-refractivity contribution in [2.75, 3.05) is 38.0 Å². The summed E-state index contributed by atoms with van der Waals surface area (Å²) in [6.07, 6.45) is 5.06. The highest BCUT2D eigenvalue weighted by molar-refractivity contribution is 5.97. The zero-order chi connectivity index (χ0) is 12.8. The second-order valence-electron chi connectivity index (χ2n) is 3.66. The first-order chi connectivity index (χ1) is 8.10. The number of benzene rings is 1. The van der Waals surface area contributed by atoms with Gasteiger partial charge in [0.1, 0.15) is 0 Å². The average molecular weight is 232 g/mol. The predicted molar refractivity (Wildman–Crippen MR) is 69.4 cm³/mol. The minimum Gasteiger partial charge on any atom is -0.449 e. The van der Waals surface area contributed by atoms with Crippen LogP contribution in [-0.4, -0.2) is 33.7 Å². The van der Waals surface area contributed by atoms with E-state index in [2.05, 4.69) is 11.2 Å². The van der Waals surface area contributed by atoms with Crippen LogP contribution in [0, 0.1) is 12.3 Å². The molecule has 0 heterocycles. The third kappa shape index (κ3) is 3.15. The lowest BCUT2D eigenvalue weighted by atomic mass is 10.1. The maximum Gasteiger partial charge on any atom is 0.341 e. The summed E-state index contributed by atoms with van der Waals surface area (Å²) in [6.45, 7) is -0.0184. The molecule has 17 heavy (non-hydrogen) atoms. The van der Waals surface area contributed by atoms with E-state index in [1.807, 2.05) is 31.1 Å². The molecule has 0 bridgehead atoms. The SMILES string of the molecule is C#CCOC(=O)c1cc(NC)ccc1N(C)C. The van der Waals surface area contributed by atoms with E-state index >= 15 is 0 Å². The van der Waals surface area contributed by atoms with E-state index in [-0.39, 0.29) is 6.61 Å². The minimum absolute atomic E-state index is 0.0184. The first-order valence-electron chi connectivity index (χ1n) is 5.20. The van der Waals surface area contributed by atoms with Gasteiger partial charge in [0.05, 0.1) is 11.3 Å². The van der Waals surface area contributed by atoms with Gasteiger partial charge in [0.15, 0.2) is 6.61 Å². The molecule has 0 spiro atoms. The maximum absolute atomic E-state index is 11.8. The smallest absolute Gasteiger partial charge is 0.341 e. The third-order valence-corrected chi connectivity index (χ3v) is 2.27. The van der Waals surface area contributed by atoms with Gasteiger partial charge in [-0.15, -0.1) is 6.42 Å². The standard InChI is InChI=1S/C13H16N2O2/c1-5-8-17-13(16)11-9-10(14-2)6-7-12(11)15(3)4/h1,6-7,9,14H,8H2,2-4H3. The fraction of sp³-hybridized carbons (Fsp3) is 0.308.